The Hall–Kier alpha value is -0.950. The van der Waals surface area contributed by atoms with Gasteiger partial charge in [-0.3, -0.25) is 4.79 Å². The van der Waals surface area contributed by atoms with E-state index in [2.05, 4.69) is 6.92 Å². The molecule has 0 aliphatic heterocycles. The van der Waals surface area contributed by atoms with Crippen molar-refractivity contribution in [1.82, 2.24) is 0 Å². The van der Waals surface area contributed by atoms with Crippen LogP contribution < -0.4 is 0 Å². The van der Waals surface area contributed by atoms with Crippen molar-refractivity contribution in [1.29, 1.82) is 0 Å². The van der Waals surface area contributed by atoms with Crippen LogP contribution in [0.4, 0.5) is 0 Å². The number of esters is 1. The summed E-state index contributed by atoms with van der Waals surface area (Å²) < 4.78 is 5.80. The van der Waals surface area contributed by atoms with Gasteiger partial charge in [-0.2, -0.15) is 0 Å². The molecule has 4 N–H and O–H groups in total. The summed E-state index contributed by atoms with van der Waals surface area (Å²) in [5.41, 5.74) is -3.05. The van der Waals surface area contributed by atoms with Crippen molar-refractivity contribution in [2.75, 3.05) is 13.2 Å². The summed E-state index contributed by atoms with van der Waals surface area (Å²) in [5.74, 6) is -0.703. The first-order chi connectivity index (χ1) is 12.6. The molecular weight excluding hydrogens is 348 g/mol. The summed E-state index contributed by atoms with van der Waals surface area (Å²) in [4.78, 5) is 12.4. The zero-order valence-electron chi connectivity index (χ0n) is 17.1. The van der Waals surface area contributed by atoms with Crippen LogP contribution in [0.5, 0.6) is 0 Å². The molecular formula is C21H36O6. The van der Waals surface area contributed by atoms with E-state index in [4.69, 9.17) is 4.74 Å². The summed E-state index contributed by atoms with van der Waals surface area (Å²) in [7, 11) is 0. The average molecular weight is 385 g/mol. The summed E-state index contributed by atoms with van der Waals surface area (Å²) in [5, 5.41) is 42.1. The van der Waals surface area contributed by atoms with Crippen LogP contribution in [-0.2, 0) is 9.53 Å². The highest BCUT2D eigenvalue weighted by atomic mass is 16.5. The van der Waals surface area contributed by atoms with E-state index < -0.39 is 42.4 Å². The number of hydrogen-bond donors (Lipinski definition) is 4. The molecule has 2 rings (SSSR count). The first-order valence-electron chi connectivity index (χ1n) is 10.1. The van der Waals surface area contributed by atoms with Crippen LogP contribution in [0.25, 0.3) is 0 Å². The van der Waals surface area contributed by atoms with Crippen LogP contribution in [0.2, 0.25) is 0 Å². The van der Waals surface area contributed by atoms with E-state index in [0.717, 1.165) is 19.3 Å². The molecule has 0 saturated heterocycles. The van der Waals surface area contributed by atoms with E-state index in [0.29, 0.717) is 19.3 Å². The molecule has 0 heterocycles. The van der Waals surface area contributed by atoms with Crippen molar-refractivity contribution in [3.63, 3.8) is 0 Å². The topological polar surface area (TPSA) is 107 Å². The Kier molecular flexibility index (Phi) is 6.78. The number of carbonyl (C=O) groups excluding carboxylic acids is 1. The van der Waals surface area contributed by atoms with Crippen LogP contribution in [0, 0.1) is 16.7 Å². The predicted molar refractivity (Wildman–Crippen MR) is 102 cm³/mol. The van der Waals surface area contributed by atoms with Crippen molar-refractivity contribution < 1.29 is 30.0 Å². The third-order valence-corrected chi connectivity index (χ3v) is 7.01. The van der Waals surface area contributed by atoms with Gasteiger partial charge in [0.1, 0.15) is 11.7 Å². The quantitative estimate of drug-likeness (QED) is 0.304. The number of aliphatic hydroxyl groups is 4. The molecule has 27 heavy (non-hydrogen) atoms. The third kappa shape index (κ3) is 3.69. The average Bonchev–Trinajstić information content (AvgIpc) is 2.61. The Balaban J connectivity index is 2.46. The molecule has 0 unspecified atom stereocenters. The van der Waals surface area contributed by atoms with Gasteiger partial charge < -0.3 is 25.2 Å². The van der Waals surface area contributed by atoms with E-state index in [-0.39, 0.29) is 17.0 Å². The van der Waals surface area contributed by atoms with Crippen molar-refractivity contribution in [2.24, 2.45) is 16.7 Å². The summed E-state index contributed by atoms with van der Waals surface area (Å²) in [6.07, 6.45) is 4.26. The molecule has 0 radical (unpaired) electrons. The Labute approximate surface area is 162 Å². The summed E-state index contributed by atoms with van der Waals surface area (Å²) >= 11 is 0. The van der Waals surface area contributed by atoms with E-state index in [9.17, 15) is 25.2 Å². The molecule has 2 aliphatic carbocycles. The minimum atomic E-state index is -1.77. The Bertz CT molecular complexity index is 571. The minimum absolute atomic E-state index is 0.201. The lowest BCUT2D eigenvalue weighted by molar-refractivity contribution is -0.237. The van der Waals surface area contributed by atoms with Crippen LogP contribution >= 0.6 is 0 Å². The number of rotatable bonds is 7. The highest BCUT2D eigenvalue weighted by Crippen LogP contribution is 2.61. The van der Waals surface area contributed by atoms with Gasteiger partial charge in [-0.1, -0.05) is 40.5 Å². The van der Waals surface area contributed by atoms with E-state index in [1.54, 1.807) is 13.0 Å². The smallest absolute Gasteiger partial charge is 0.306 e. The van der Waals surface area contributed by atoms with Crippen molar-refractivity contribution in [3.05, 3.63) is 11.6 Å². The van der Waals surface area contributed by atoms with E-state index >= 15 is 0 Å². The molecule has 0 bridgehead atoms. The van der Waals surface area contributed by atoms with E-state index in [1.807, 2.05) is 13.8 Å². The zero-order valence-corrected chi connectivity index (χ0v) is 17.1. The molecule has 0 spiro atoms. The Morgan fingerprint density at radius 1 is 1.26 bits per heavy atom. The molecule has 6 nitrogen and oxygen atoms in total. The van der Waals surface area contributed by atoms with Crippen molar-refractivity contribution in [2.45, 2.75) is 84.0 Å². The number of unbranched alkanes of at least 4 members (excludes halogenated alkanes) is 2. The molecule has 0 aromatic rings. The molecule has 2 aliphatic rings. The molecule has 156 valence electrons. The van der Waals surface area contributed by atoms with Gasteiger partial charge in [-0.15, -0.1) is 0 Å². The molecule has 0 amide bonds. The van der Waals surface area contributed by atoms with Crippen LogP contribution in [0.1, 0.15) is 66.2 Å². The molecule has 5 atom stereocenters. The fraction of sp³-hybridized carbons (Fsp3) is 0.857. The van der Waals surface area contributed by atoms with Gasteiger partial charge in [0.25, 0.3) is 0 Å². The first kappa shape index (κ1) is 22.3. The number of carbonyl (C=O) groups is 1. The highest BCUT2D eigenvalue weighted by Gasteiger charge is 2.66. The monoisotopic (exact) mass is 384 g/mol. The number of fused-ring (bicyclic) bond motifs is 1. The second kappa shape index (κ2) is 8.19. The largest absolute Gasteiger partial charge is 0.458 e. The maximum atomic E-state index is 12.4. The molecule has 6 heteroatoms. The Morgan fingerprint density at radius 2 is 1.93 bits per heavy atom. The van der Waals surface area contributed by atoms with Gasteiger partial charge >= 0.3 is 5.97 Å². The lowest BCUT2D eigenvalue weighted by Gasteiger charge is -2.63. The molecule has 1 fully saturated rings. The van der Waals surface area contributed by atoms with Gasteiger partial charge in [0.05, 0.1) is 19.3 Å². The highest BCUT2D eigenvalue weighted by molar-refractivity contribution is 5.69. The van der Waals surface area contributed by atoms with Gasteiger partial charge in [0.2, 0.25) is 0 Å². The molecule has 0 aromatic heterocycles. The second-order valence-electron chi connectivity index (χ2n) is 9.08. The van der Waals surface area contributed by atoms with Gasteiger partial charge in [-0.25, -0.2) is 0 Å². The maximum absolute atomic E-state index is 12.4. The second-order valence-corrected chi connectivity index (χ2v) is 9.08. The fourth-order valence-corrected chi connectivity index (χ4v) is 5.37. The normalized spacial score (nSPS) is 38.1. The maximum Gasteiger partial charge on any atom is 0.306 e. The van der Waals surface area contributed by atoms with Crippen molar-refractivity contribution in [3.8, 4) is 0 Å². The number of aliphatic hydroxyl groups excluding tert-OH is 3. The summed E-state index contributed by atoms with van der Waals surface area (Å²) in [6, 6.07) is 0. The van der Waals surface area contributed by atoms with E-state index in [1.165, 1.54) is 0 Å². The zero-order chi connectivity index (χ0) is 20.5. The van der Waals surface area contributed by atoms with Crippen LogP contribution in [0.3, 0.4) is 0 Å². The minimum Gasteiger partial charge on any atom is -0.458 e. The van der Waals surface area contributed by atoms with Crippen LogP contribution in [0.15, 0.2) is 11.6 Å². The predicted octanol–water partition coefficient (Wildman–Crippen LogP) is 1.94. The molecule has 1 saturated carbocycles. The Morgan fingerprint density at radius 3 is 2.48 bits per heavy atom. The first-order valence-corrected chi connectivity index (χ1v) is 10.1. The standard InChI is InChI=1S/C21H36O6/c1-5-6-7-8-17(25)27-15-11-14(12-22)21(26,13-23)20(4)16(24)9-10-19(2,3)18(15)20/h11,15-16,18,22-24,26H,5-10,12-13H2,1-4H3/t15-,16+,18-,20+,21+/m1/s1. The number of ether oxygens (including phenoxy) is 1. The van der Waals surface area contributed by atoms with Crippen molar-refractivity contribution >= 4 is 5.97 Å². The van der Waals surface area contributed by atoms with Gasteiger partial charge in [0.15, 0.2) is 0 Å². The lowest BCUT2D eigenvalue weighted by atomic mass is 9.45. The SMILES string of the molecule is CCCCCC(=O)O[C@@H]1C=C(CO)[C@@](O)(CO)[C@]2(C)[C@H]1C(C)(C)CC[C@@H]2O. The van der Waals surface area contributed by atoms with Gasteiger partial charge in [0, 0.05) is 17.8 Å². The number of hydrogen-bond acceptors (Lipinski definition) is 6. The lowest BCUT2D eigenvalue weighted by Crippen LogP contribution is -2.70. The molecule has 0 aromatic carbocycles. The third-order valence-electron chi connectivity index (χ3n) is 7.01. The van der Waals surface area contributed by atoms with Gasteiger partial charge in [-0.05, 0) is 36.3 Å². The van der Waals surface area contributed by atoms with Crippen LogP contribution in [-0.4, -0.2) is 57.4 Å². The fourth-order valence-electron chi connectivity index (χ4n) is 5.37. The summed E-state index contributed by atoms with van der Waals surface area (Å²) in [6.45, 7) is 6.79.